The predicted octanol–water partition coefficient (Wildman–Crippen LogP) is 1.40. The van der Waals surface area contributed by atoms with Crippen LogP contribution >= 0.6 is 0 Å². The minimum atomic E-state index is -0.726. The van der Waals surface area contributed by atoms with Crippen LogP contribution in [0.15, 0.2) is 0 Å². The normalized spacial score (nSPS) is 17.0. The molecule has 12 heavy (non-hydrogen) atoms. The first-order chi connectivity index (χ1) is 5.44. The molecule has 1 atom stereocenters. The van der Waals surface area contributed by atoms with Crippen molar-refractivity contribution in [1.82, 2.24) is 0 Å². The third kappa shape index (κ3) is 3.52. The van der Waals surface area contributed by atoms with Gasteiger partial charge in [-0.15, -0.1) is 0 Å². The van der Waals surface area contributed by atoms with Gasteiger partial charge in [0.2, 0.25) is 0 Å². The van der Waals surface area contributed by atoms with E-state index in [-0.39, 0.29) is 12.2 Å². The minimum absolute atomic E-state index is 0.199. The van der Waals surface area contributed by atoms with Gasteiger partial charge in [-0.25, -0.2) is 0 Å². The highest BCUT2D eigenvalue weighted by atomic mass is 16.7. The summed E-state index contributed by atoms with van der Waals surface area (Å²) in [5.41, 5.74) is -0.726. The fraction of sp³-hybridized carbons (Fsp3) is 1.00. The second kappa shape index (κ2) is 4.80. The first-order valence-electron chi connectivity index (χ1n) is 4.22. The smallest absolute Gasteiger partial charge is 0.159 e. The number of aliphatic hydroxyl groups is 1. The Bertz CT molecular complexity index is 117. The Hall–Kier alpha value is -0.120. The quantitative estimate of drug-likeness (QED) is 0.643. The van der Waals surface area contributed by atoms with Gasteiger partial charge in [-0.2, -0.15) is 0 Å². The third-order valence-electron chi connectivity index (χ3n) is 2.35. The average molecular weight is 176 g/mol. The van der Waals surface area contributed by atoms with E-state index in [1.165, 1.54) is 0 Å². The molecule has 3 nitrogen and oxygen atoms in total. The van der Waals surface area contributed by atoms with Gasteiger partial charge in [0.1, 0.15) is 0 Å². The molecule has 0 aromatic heterocycles. The number of methoxy groups -OCH3 is 2. The summed E-state index contributed by atoms with van der Waals surface area (Å²) in [6, 6.07) is 0. The van der Waals surface area contributed by atoms with Gasteiger partial charge in [0.05, 0.1) is 5.60 Å². The highest BCUT2D eigenvalue weighted by Crippen LogP contribution is 2.23. The highest BCUT2D eigenvalue weighted by molar-refractivity contribution is 4.77. The van der Waals surface area contributed by atoms with Crippen LogP contribution in [0.3, 0.4) is 0 Å². The van der Waals surface area contributed by atoms with Gasteiger partial charge in [0.15, 0.2) is 6.29 Å². The summed E-state index contributed by atoms with van der Waals surface area (Å²) in [4.78, 5) is 0. The largest absolute Gasteiger partial charge is 0.390 e. The van der Waals surface area contributed by atoms with Crippen molar-refractivity contribution in [2.45, 2.75) is 39.1 Å². The van der Waals surface area contributed by atoms with Crippen LogP contribution in [0.1, 0.15) is 27.2 Å². The first-order valence-corrected chi connectivity index (χ1v) is 4.22. The van der Waals surface area contributed by atoms with Gasteiger partial charge < -0.3 is 14.6 Å². The SMILES string of the molecule is COC(CC(C)(O)C(C)C)OC. The van der Waals surface area contributed by atoms with Crippen LogP contribution in [0.5, 0.6) is 0 Å². The molecule has 0 heterocycles. The van der Waals surface area contributed by atoms with E-state index >= 15 is 0 Å². The summed E-state index contributed by atoms with van der Waals surface area (Å²) in [6.07, 6.45) is 0.180. The lowest BCUT2D eigenvalue weighted by molar-refractivity contribution is -0.148. The van der Waals surface area contributed by atoms with Crippen LogP contribution in [0.4, 0.5) is 0 Å². The van der Waals surface area contributed by atoms with E-state index in [0.717, 1.165) is 0 Å². The molecule has 0 aliphatic heterocycles. The van der Waals surface area contributed by atoms with Gasteiger partial charge >= 0.3 is 0 Å². The van der Waals surface area contributed by atoms with E-state index in [2.05, 4.69) is 0 Å². The van der Waals surface area contributed by atoms with Crippen molar-refractivity contribution < 1.29 is 14.6 Å². The van der Waals surface area contributed by atoms with E-state index in [0.29, 0.717) is 6.42 Å². The van der Waals surface area contributed by atoms with E-state index < -0.39 is 5.60 Å². The molecule has 0 bridgehead atoms. The number of ether oxygens (including phenoxy) is 2. The van der Waals surface area contributed by atoms with Crippen LogP contribution in [-0.4, -0.2) is 31.2 Å². The summed E-state index contributed by atoms with van der Waals surface area (Å²) < 4.78 is 10.0. The second-order valence-electron chi connectivity index (χ2n) is 3.62. The Labute approximate surface area is 74.7 Å². The lowest BCUT2D eigenvalue weighted by Gasteiger charge is -2.30. The van der Waals surface area contributed by atoms with Crippen LogP contribution in [0.25, 0.3) is 0 Å². The van der Waals surface area contributed by atoms with Crippen LogP contribution in [0, 0.1) is 5.92 Å². The molecular weight excluding hydrogens is 156 g/mol. The zero-order valence-corrected chi connectivity index (χ0v) is 8.63. The molecule has 0 aliphatic carbocycles. The Kier molecular flexibility index (Phi) is 4.75. The van der Waals surface area contributed by atoms with Gasteiger partial charge in [0, 0.05) is 20.6 Å². The van der Waals surface area contributed by atoms with Crippen molar-refractivity contribution >= 4 is 0 Å². The molecule has 0 saturated heterocycles. The maximum Gasteiger partial charge on any atom is 0.159 e. The topological polar surface area (TPSA) is 38.7 Å². The molecule has 0 rings (SSSR count). The maximum atomic E-state index is 9.86. The molecule has 0 radical (unpaired) electrons. The van der Waals surface area contributed by atoms with Gasteiger partial charge in [-0.05, 0) is 12.8 Å². The molecule has 0 amide bonds. The molecule has 1 N–H and O–H groups in total. The summed E-state index contributed by atoms with van der Waals surface area (Å²) in [6.45, 7) is 5.74. The Morgan fingerprint density at radius 2 is 1.67 bits per heavy atom. The molecular formula is C9H20O3. The monoisotopic (exact) mass is 176 g/mol. The van der Waals surface area contributed by atoms with Crippen molar-refractivity contribution in [3.8, 4) is 0 Å². The van der Waals surface area contributed by atoms with Gasteiger partial charge in [-0.1, -0.05) is 13.8 Å². The number of hydrogen-bond acceptors (Lipinski definition) is 3. The summed E-state index contributed by atoms with van der Waals surface area (Å²) in [7, 11) is 3.15. The standard InChI is InChI=1S/C9H20O3/c1-7(2)9(3,10)6-8(11-4)12-5/h7-8,10H,6H2,1-5H3. The number of hydrogen-bond donors (Lipinski definition) is 1. The van der Waals surface area contributed by atoms with Crippen molar-refractivity contribution in [1.29, 1.82) is 0 Å². The fourth-order valence-electron chi connectivity index (χ4n) is 0.836. The lowest BCUT2D eigenvalue weighted by Crippen LogP contribution is -2.36. The van der Waals surface area contributed by atoms with Crippen molar-refractivity contribution in [2.75, 3.05) is 14.2 Å². The number of rotatable bonds is 5. The first kappa shape index (κ1) is 11.9. The fourth-order valence-corrected chi connectivity index (χ4v) is 0.836. The molecule has 0 fully saturated rings. The Balaban J connectivity index is 4.02. The maximum absolute atomic E-state index is 9.86. The summed E-state index contributed by atoms with van der Waals surface area (Å²) >= 11 is 0. The van der Waals surface area contributed by atoms with E-state index in [1.54, 1.807) is 21.1 Å². The Morgan fingerprint density at radius 1 is 1.25 bits per heavy atom. The minimum Gasteiger partial charge on any atom is -0.390 e. The van der Waals surface area contributed by atoms with E-state index in [9.17, 15) is 5.11 Å². The highest BCUT2D eigenvalue weighted by Gasteiger charge is 2.28. The van der Waals surface area contributed by atoms with Crippen molar-refractivity contribution in [2.24, 2.45) is 5.92 Å². The van der Waals surface area contributed by atoms with Crippen LogP contribution < -0.4 is 0 Å². The zero-order chi connectivity index (χ0) is 9.78. The summed E-state index contributed by atoms with van der Waals surface area (Å²) in [5.74, 6) is 0.199. The lowest BCUT2D eigenvalue weighted by atomic mass is 9.89. The van der Waals surface area contributed by atoms with Crippen LogP contribution in [-0.2, 0) is 9.47 Å². The molecule has 3 heteroatoms. The molecule has 74 valence electrons. The van der Waals surface area contributed by atoms with Gasteiger partial charge in [0.25, 0.3) is 0 Å². The van der Waals surface area contributed by atoms with E-state index in [4.69, 9.17) is 9.47 Å². The molecule has 0 saturated carbocycles. The Morgan fingerprint density at radius 3 is 1.92 bits per heavy atom. The average Bonchev–Trinajstić information content (AvgIpc) is 2.00. The molecule has 0 aromatic rings. The van der Waals surface area contributed by atoms with Gasteiger partial charge in [-0.3, -0.25) is 0 Å². The second-order valence-corrected chi connectivity index (χ2v) is 3.62. The molecule has 0 spiro atoms. The predicted molar refractivity (Wildman–Crippen MR) is 47.9 cm³/mol. The summed E-state index contributed by atoms with van der Waals surface area (Å²) in [5, 5.41) is 9.86. The molecule has 0 aromatic carbocycles. The zero-order valence-electron chi connectivity index (χ0n) is 8.63. The third-order valence-corrected chi connectivity index (χ3v) is 2.35. The van der Waals surface area contributed by atoms with Crippen molar-refractivity contribution in [3.63, 3.8) is 0 Å². The van der Waals surface area contributed by atoms with Crippen LogP contribution in [0.2, 0.25) is 0 Å². The van der Waals surface area contributed by atoms with Crippen molar-refractivity contribution in [3.05, 3.63) is 0 Å². The molecule has 1 unspecified atom stereocenters. The van der Waals surface area contributed by atoms with E-state index in [1.807, 2.05) is 13.8 Å². The molecule has 0 aliphatic rings.